The molecule has 0 saturated carbocycles. The molecule has 5 atom stereocenters. The summed E-state index contributed by atoms with van der Waals surface area (Å²) in [4.78, 5) is 69.8. The lowest BCUT2D eigenvalue weighted by Gasteiger charge is -2.37. The number of imide groups is 1. The Morgan fingerprint density at radius 3 is 2.59 bits per heavy atom. The molecule has 4 aliphatic rings. The summed E-state index contributed by atoms with van der Waals surface area (Å²) in [5, 5.41) is 2.32. The molecule has 49 heavy (non-hydrogen) atoms. The summed E-state index contributed by atoms with van der Waals surface area (Å²) in [5.74, 6) is 4.64. The molecule has 0 spiro atoms. The molecule has 2 aromatic rings. The van der Waals surface area contributed by atoms with E-state index < -0.39 is 35.6 Å². The molecule has 0 aliphatic carbocycles. The minimum atomic E-state index is -0.800. The number of rotatable bonds is 6. The molecule has 4 aliphatic heterocycles. The first kappa shape index (κ1) is 34.3. The maximum absolute atomic E-state index is 14.0. The van der Waals surface area contributed by atoms with Crippen LogP contribution in [0.5, 0.6) is 0 Å². The van der Waals surface area contributed by atoms with Crippen LogP contribution in [0.25, 0.3) is 0 Å². The fourth-order valence-corrected chi connectivity index (χ4v) is 6.87. The van der Waals surface area contributed by atoms with Gasteiger partial charge in [-0.1, -0.05) is 69.0 Å². The number of nitrogens with two attached hydrogens (primary N) is 1. The zero-order chi connectivity index (χ0) is 34.9. The van der Waals surface area contributed by atoms with Crippen molar-refractivity contribution in [1.82, 2.24) is 20.0 Å². The van der Waals surface area contributed by atoms with E-state index in [1.54, 1.807) is 21.9 Å². The van der Waals surface area contributed by atoms with Gasteiger partial charge in [-0.2, -0.15) is 0 Å². The van der Waals surface area contributed by atoms with Gasteiger partial charge >= 0.3 is 0 Å². The third-order valence-corrected chi connectivity index (χ3v) is 9.78. The van der Waals surface area contributed by atoms with Crippen molar-refractivity contribution >= 4 is 29.5 Å². The monoisotopic (exact) mass is 669 g/mol. The van der Waals surface area contributed by atoms with Crippen molar-refractivity contribution in [2.75, 3.05) is 32.8 Å². The molecule has 0 radical (unpaired) electrons. The lowest BCUT2D eigenvalue weighted by Crippen LogP contribution is -2.56. The molecular formula is C37H43N5O7. The SMILES string of the molecule is CC(C)(C)[C@H](N)C(=O)N1C[C@@H](OCC#Cc2cccc3c2CN(C2CCC(=O)NC2=O)C3=O)C[C@H]1C(=O)N1CCO[C@H](c2ccccc2)C1. The standard InChI is InChI=1S/C37H43N5O7/c1-37(2,3)32(38)36(47)41-20-25(19-29(41)35(46)40-16-18-49-30(22-40)24-9-5-4-6-10-24)48-17-8-12-23-11-7-13-26-27(23)21-42(34(26)45)28-14-15-31(43)39-33(28)44/h4-7,9-11,13,25,28-30,32H,14-22,38H2,1-3H3,(H,39,43,44)/t25-,28?,29-,30-,32+/m0/s1. The highest BCUT2D eigenvalue weighted by molar-refractivity contribution is 6.05. The highest BCUT2D eigenvalue weighted by atomic mass is 16.5. The third-order valence-electron chi connectivity index (χ3n) is 9.78. The number of benzene rings is 2. The summed E-state index contributed by atoms with van der Waals surface area (Å²) in [6.07, 6.45) is 0.0848. The fraction of sp³-hybridized carbons (Fsp3) is 0.486. The van der Waals surface area contributed by atoms with Crippen LogP contribution in [0.3, 0.4) is 0 Å². The van der Waals surface area contributed by atoms with E-state index in [1.165, 1.54) is 4.90 Å². The highest BCUT2D eigenvalue weighted by Gasteiger charge is 2.45. The maximum atomic E-state index is 14.0. The summed E-state index contributed by atoms with van der Waals surface area (Å²) in [5.41, 5.74) is 8.75. The number of morpholine rings is 1. The van der Waals surface area contributed by atoms with Crippen LogP contribution >= 0.6 is 0 Å². The van der Waals surface area contributed by atoms with Gasteiger partial charge in [0, 0.05) is 43.6 Å². The molecule has 0 bridgehead atoms. The normalized spacial score (nSPS) is 24.7. The Balaban J connectivity index is 1.13. The van der Waals surface area contributed by atoms with Gasteiger partial charge in [0.25, 0.3) is 5.91 Å². The third kappa shape index (κ3) is 7.25. The van der Waals surface area contributed by atoms with Crippen LogP contribution in [0.15, 0.2) is 48.5 Å². The van der Waals surface area contributed by atoms with Crippen LogP contribution in [-0.2, 0) is 35.2 Å². The Morgan fingerprint density at radius 2 is 1.86 bits per heavy atom. The molecule has 1 unspecified atom stereocenters. The van der Waals surface area contributed by atoms with E-state index in [0.29, 0.717) is 37.2 Å². The second kappa shape index (κ2) is 14.1. The van der Waals surface area contributed by atoms with Crippen LogP contribution < -0.4 is 11.1 Å². The van der Waals surface area contributed by atoms with Crippen LogP contribution in [0.2, 0.25) is 0 Å². The second-order valence-corrected chi connectivity index (χ2v) is 14.1. The molecule has 12 nitrogen and oxygen atoms in total. The van der Waals surface area contributed by atoms with Crippen LogP contribution in [0.4, 0.5) is 0 Å². The lowest BCUT2D eigenvalue weighted by atomic mass is 9.86. The summed E-state index contributed by atoms with van der Waals surface area (Å²) in [6.45, 7) is 7.37. The summed E-state index contributed by atoms with van der Waals surface area (Å²) in [7, 11) is 0. The summed E-state index contributed by atoms with van der Waals surface area (Å²) >= 11 is 0. The molecule has 3 fully saturated rings. The smallest absolute Gasteiger partial charge is 0.255 e. The Morgan fingerprint density at radius 1 is 1.08 bits per heavy atom. The van der Waals surface area contributed by atoms with E-state index in [0.717, 1.165) is 11.1 Å². The zero-order valence-electron chi connectivity index (χ0n) is 28.1. The predicted molar refractivity (Wildman–Crippen MR) is 178 cm³/mol. The van der Waals surface area contributed by atoms with Crippen molar-refractivity contribution < 1.29 is 33.4 Å². The molecule has 3 saturated heterocycles. The lowest BCUT2D eigenvalue weighted by molar-refractivity contribution is -0.150. The highest BCUT2D eigenvalue weighted by Crippen LogP contribution is 2.31. The first-order chi connectivity index (χ1) is 23.4. The van der Waals surface area contributed by atoms with Gasteiger partial charge in [0.05, 0.1) is 25.3 Å². The molecule has 5 amide bonds. The molecular weight excluding hydrogens is 626 g/mol. The predicted octanol–water partition coefficient (Wildman–Crippen LogP) is 1.76. The second-order valence-electron chi connectivity index (χ2n) is 14.1. The number of hydrogen-bond donors (Lipinski definition) is 2. The topological polar surface area (TPSA) is 152 Å². The number of likely N-dealkylation sites (tertiary alicyclic amines) is 1. The molecule has 6 rings (SSSR count). The van der Waals surface area contributed by atoms with Gasteiger partial charge in [0.2, 0.25) is 23.6 Å². The van der Waals surface area contributed by atoms with Crippen molar-refractivity contribution in [3.63, 3.8) is 0 Å². The van der Waals surface area contributed by atoms with E-state index in [9.17, 15) is 24.0 Å². The Kier molecular flexibility index (Phi) is 9.88. The van der Waals surface area contributed by atoms with Gasteiger partial charge in [-0.25, -0.2) is 0 Å². The molecule has 0 aromatic heterocycles. The number of nitrogens with one attached hydrogen (secondary N) is 1. The number of carbonyl (C=O) groups is 5. The number of nitrogens with zero attached hydrogens (tertiary/aromatic N) is 3. The number of hydrogen-bond acceptors (Lipinski definition) is 8. The van der Waals surface area contributed by atoms with E-state index in [-0.39, 0.29) is 62.3 Å². The minimum absolute atomic E-state index is 0.0427. The molecule has 2 aromatic carbocycles. The molecule has 12 heteroatoms. The molecule has 4 heterocycles. The van der Waals surface area contributed by atoms with Gasteiger partial charge in [-0.15, -0.1) is 0 Å². The number of ether oxygens (including phenoxy) is 2. The zero-order valence-corrected chi connectivity index (χ0v) is 28.1. The number of amides is 5. The fourth-order valence-electron chi connectivity index (χ4n) is 6.87. The van der Waals surface area contributed by atoms with Crippen LogP contribution in [0.1, 0.15) is 73.2 Å². The first-order valence-electron chi connectivity index (χ1n) is 16.8. The average molecular weight is 670 g/mol. The Labute approximate surface area is 286 Å². The van der Waals surface area contributed by atoms with Gasteiger partial charge in [0.15, 0.2) is 0 Å². The van der Waals surface area contributed by atoms with E-state index in [4.69, 9.17) is 15.2 Å². The van der Waals surface area contributed by atoms with Gasteiger partial charge < -0.3 is 29.9 Å². The number of carbonyl (C=O) groups excluding carboxylic acids is 5. The van der Waals surface area contributed by atoms with E-state index in [1.807, 2.05) is 57.2 Å². The van der Waals surface area contributed by atoms with Crippen molar-refractivity contribution in [3.8, 4) is 11.8 Å². The molecule has 3 N–H and O–H groups in total. The van der Waals surface area contributed by atoms with E-state index >= 15 is 0 Å². The minimum Gasteiger partial charge on any atom is -0.370 e. The molecule has 258 valence electrons. The Hall–Kier alpha value is -4.57. The average Bonchev–Trinajstić information content (AvgIpc) is 3.67. The largest absolute Gasteiger partial charge is 0.370 e. The van der Waals surface area contributed by atoms with Crippen molar-refractivity contribution in [2.45, 2.75) is 76.9 Å². The Bertz CT molecular complexity index is 1690. The van der Waals surface area contributed by atoms with Crippen LogP contribution in [0, 0.1) is 17.3 Å². The number of fused-ring (bicyclic) bond motifs is 1. The summed E-state index contributed by atoms with van der Waals surface area (Å²) in [6, 6.07) is 12.8. The quantitative estimate of drug-likeness (QED) is 0.349. The van der Waals surface area contributed by atoms with Gasteiger partial charge in [0.1, 0.15) is 24.8 Å². The summed E-state index contributed by atoms with van der Waals surface area (Å²) < 4.78 is 12.1. The maximum Gasteiger partial charge on any atom is 0.255 e. The van der Waals surface area contributed by atoms with Crippen molar-refractivity contribution in [3.05, 3.63) is 70.8 Å². The number of piperidine rings is 1. The van der Waals surface area contributed by atoms with Crippen LogP contribution in [-0.4, -0.2) is 101 Å². The van der Waals surface area contributed by atoms with Crippen molar-refractivity contribution in [1.29, 1.82) is 0 Å². The van der Waals surface area contributed by atoms with Gasteiger partial charge in [-0.05, 0) is 35.1 Å². The van der Waals surface area contributed by atoms with Crippen molar-refractivity contribution in [2.24, 2.45) is 11.1 Å². The van der Waals surface area contributed by atoms with E-state index in [2.05, 4.69) is 17.2 Å². The van der Waals surface area contributed by atoms with Gasteiger partial charge in [-0.3, -0.25) is 29.3 Å². The first-order valence-corrected chi connectivity index (χ1v) is 16.8.